The Labute approximate surface area is 113 Å². The largest absolute Gasteiger partial charge is 0.375 e. The average Bonchev–Trinajstić information content (AvgIpc) is 3.07. The van der Waals surface area contributed by atoms with Gasteiger partial charge in [-0.1, -0.05) is 6.07 Å². The minimum absolute atomic E-state index is 0.0178. The molecule has 1 heterocycles. The van der Waals surface area contributed by atoms with Crippen molar-refractivity contribution in [2.75, 3.05) is 5.32 Å². The molecule has 1 saturated carbocycles. The van der Waals surface area contributed by atoms with Gasteiger partial charge < -0.3 is 5.32 Å². The lowest BCUT2D eigenvalue weighted by molar-refractivity contribution is 0.495. The van der Waals surface area contributed by atoms with Gasteiger partial charge in [0.1, 0.15) is 5.82 Å². The average molecular weight is 283 g/mol. The zero-order valence-corrected chi connectivity index (χ0v) is 10.8. The van der Waals surface area contributed by atoms with Gasteiger partial charge in [0.15, 0.2) is 11.6 Å². The van der Waals surface area contributed by atoms with Gasteiger partial charge in [-0.3, -0.25) is 0 Å². The highest BCUT2D eigenvalue weighted by molar-refractivity contribution is 7.10. The van der Waals surface area contributed by atoms with E-state index in [9.17, 15) is 13.2 Å². The molecule has 0 amide bonds. The molecule has 100 valence electrons. The molecule has 1 fully saturated rings. The molecule has 0 saturated heterocycles. The van der Waals surface area contributed by atoms with E-state index >= 15 is 0 Å². The van der Waals surface area contributed by atoms with E-state index < -0.39 is 17.5 Å². The number of hydrogen-bond acceptors (Lipinski definition) is 2. The summed E-state index contributed by atoms with van der Waals surface area (Å²) in [5.41, 5.74) is 0.0178. The highest BCUT2D eigenvalue weighted by Gasteiger charge is 2.33. The predicted molar refractivity (Wildman–Crippen MR) is 69.7 cm³/mol. The van der Waals surface area contributed by atoms with Crippen LogP contribution in [0.4, 0.5) is 18.9 Å². The van der Waals surface area contributed by atoms with Crippen molar-refractivity contribution >= 4 is 17.0 Å². The van der Waals surface area contributed by atoms with E-state index in [1.165, 1.54) is 0 Å². The molecule has 1 nitrogen and oxygen atoms in total. The van der Waals surface area contributed by atoms with Gasteiger partial charge in [-0.05, 0) is 30.2 Å². The normalized spacial score (nSPS) is 16.4. The first-order chi connectivity index (χ1) is 9.15. The van der Waals surface area contributed by atoms with Crippen LogP contribution >= 0.6 is 11.3 Å². The SMILES string of the molecule is Fc1cc(F)c(NC(c2cccs2)C2CC2)cc1F. The molecule has 0 spiro atoms. The lowest BCUT2D eigenvalue weighted by Gasteiger charge is -2.18. The Hall–Kier alpha value is -1.49. The maximum Gasteiger partial charge on any atom is 0.161 e. The highest BCUT2D eigenvalue weighted by Crippen LogP contribution is 2.44. The second-order valence-electron chi connectivity index (χ2n) is 4.72. The van der Waals surface area contributed by atoms with Crippen LogP contribution in [-0.2, 0) is 0 Å². The summed E-state index contributed by atoms with van der Waals surface area (Å²) in [7, 11) is 0. The third-order valence-electron chi connectivity index (χ3n) is 3.26. The molecule has 1 N–H and O–H groups in total. The first kappa shape index (κ1) is 12.5. The number of anilines is 1. The van der Waals surface area contributed by atoms with Crippen molar-refractivity contribution in [3.05, 3.63) is 52.0 Å². The Bertz CT molecular complexity index is 579. The van der Waals surface area contributed by atoms with Crippen molar-refractivity contribution < 1.29 is 13.2 Å². The van der Waals surface area contributed by atoms with Crippen LogP contribution in [0.1, 0.15) is 23.8 Å². The molecule has 1 aliphatic rings. The van der Waals surface area contributed by atoms with E-state index in [0.29, 0.717) is 12.0 Å². The second-order valence-corrected chi connectivity index (χ2v) is 5.70. The second kappa shape index (κ2) is 4.89. The maximum absolute atomic E-state index is 13.7. The summed E-state index contributed by atoms with van der Waals surface area (Å²) in [6.07, 6.45) is 2.14. The minimum Gasteiger partial charge on any atom is -0.375 e. The molecular weight excluding hydrogens is 271 g/mol. The summed E-state index contributed by atoms with van der Waals surface area (Å²) < 4.78 is 39.7. The molecule has 0 radical (unpaired) electrons. The summed E-state index contributed by atoms with van der Waals surface area (Å²) in [6.45, 7) is 0. The Balaban J connectivity index is 1.88. The van der Waals surface area contributed by atoms with Crippen molar-refractivity contribution in [1.82, 2.24) is 0 Å². The summed E-state index contributed by atoms with van der Waals surface area (Å²) >= 11 is 1.58. The summed E-state index contributed by atoms with van der Waals surface area (Å²) in [5, 5.41) is 4.96. The van der Waals surface area contributed by atoms with Gasteiger partial charge in [-0.15, -0.1) is 11.3 Å². The number of rotatable bonds is 4. The number of halogens is 3. The molecule has 1 atom stereocenters. The molecule has 1 aromatic heterocycles. The van der Waals surface area contributed by atoms with Crippen molar-refractivity contribution in [1.29, 1.82) is 0 Å². The van der Waals surface area contributed by atoms with Crippen LogP contribution in [-0.4, -0.2) is 0 Å². The number of benzene rings is 1. The van der Waals surface area contributed by atoms with E-state index in [2.05, 4.69) is 5.32 Å². The fourth-order valence-corrected chi connectivity index (χ4v) is 2.99. The van der Waals surface area contributed by atoms with E-state index in [-0.39, 0.29) is 11.7 Å². The summed E-state index contributed by atoms with van der Waals surface area (Å²) in [5.74, 6) is -2.53. The van der Waals surface area contributed by atoms with Crippen molar-refractivity contribution in [2.45, 2.75) is 18.9 Å². The van der Waals surface area contributed by atoms with Gasteiger partial charge in [0.2, 0.25) is 0 Å². The maximum atomic E-state index is 13.7. The first-order valence-electron chi connectivity index (χ1n) is 6.09. The zero-order chi connectivity index (χ0) is 13.4. The number of thiophene rings is 1. The molecule has 19 heavy (non-hydrogen) atoms. The highest BCUT2D eigenvalue weighted by atomic mass is 32.1. The minimum atomic E-state index is -1.16. The quantitative estimate of drug-likeness (QED) is 0.800. The van der Waals surface area contributed by atoms with Crippen LogP contribution in [0.5, 0.6) is 0 Å². The molecule has 3 rings (SSSR count). The van der Waals surface area contributed by atoms with Crippen molar-refractivity contribution in [3.8, 4) is 0 Å². The standard InChI is InChI=1S/C14H12F3NS/c15-9-6-11(17)12(7-10(9)16)18-14(8-3-4-8)13-2-1-5-19-13/h1-2,5-8,14,18H,3-4H2. The first-order valence-corrected chi connectivity index (χ1v) is 6.97. The van der Waals surface area contributed by atoms with Crippen molar-refractivity contribution in [3.63, 3.8) is 0 Å². The smallest absolute Gasteiger partial charge is 0.161 e. The van der Waals surface area contributed by atoms with Gasteiger partial charge in [-0.25, -0.2) is 13.2 Å². The van der Waals surface area contributed by atoms with Gasteiger partial charge in [-0.2, -0.15) is 0 Å². The van der Waals surface area contributed by atoms with Crippen molar-refractivity contribution in [2.24, 2.45) is 5.92 Å². The van der Waals surface area contributed by atoms with Crippen LogP contribution < -0.4 is 5.32 Å². The van der Waals surface area contributed by atoms with Crippen LogP contribution in [0.15, 0.2) is 29.6 Å². The lowest BCUT2D eigenvalue weighted by Crippen LogP contribution is -2.13. The predicted octanol–water partition coefficient (Wildman–Crippen LogP) is 4.73. The van der Waals surface area contributed by atoms with E-state index in [0.717, 1.165) is 23.8 Å². The Morgan fingerprint density at radius 1 is 1.11 bits per heavy atom. The molecular formula is C14H12F3NS. The van der Waals surface area contributed by atoms with Gasteiger partial charge in [0, 0.05) is 17.0 Å². The summed E-state index contributed by atoms with van der Waals surface area (Å²) in [6, 6.07) is 5.33. The van der Waals surface area contributed by atoms with Gasteiger partial charge in [0.05, 0.1) is 11.7 Å². The van der Waals surface area contributed by atoms with Crippen LogP contribution in [0.3, 0.4) is 0 Å². The lowest BCUT2D eigenvalue weighted by atomic mass is 10.1. The fraction of sp³-hybridized carbons (Fsp3) is 0.286. The Kier molecular flexibility index (Phi) is 3.22. The monoisotopic (exact) mass is 283 g/mol. The molecule has 1 aromatic carbocycles. The fourth-order valence-electron chi connectivity index (χ4n) is 2.12. The molecule has 5 heteroatoms. The van der Waals surface area contributed by atoms with E-state index in [1.54, 1.807) is 11.3 Å². The molecule has 0 aliphatic heterocycles. The Morgan fingerprint density at radius 3 is 2.47 bits per heavy atom. The topological polar surface area (TPSA) is 12.0 Å². The Morgan fingerprint density at radius 2 is 1.84 bits per heavy atom. The van der Waals surface area contributed by atoms with Crippen LogP contribution in [0, 0.1) is 23.4 Å². The van der Waals surface area contributed by atoms with Gasteiger partial charge >= 0.3 is 0 Å². The van der Waals surface area contributed by atoms with E-state index in [1.807, 2.05) is 17.5 Å². The zero-order valence-electron chi connectivity index (χ0n) is 10.00. The molecule has 0 bridgehead atoms. The van der Waals surface area contributed by atoms with Gasteiger partial charge in [0.25, 0.3) is 0 Å². The number of hydrogen-bond donors (Lipinski definition) is 1. The molecule has 2 aromatic rings. The number of nitrogens with one attached hydrogen (secondary N) is 1. The van der Waals surface area contributed by atoms with Crippen LogP contribution in [0.2, 0.25) is 0 Å². The molecule has 1 aliphatic carbocycles. The van der Waals surface area contributed by atoms with E-state index in [4.69, 9.17) is 0 Å². The third-order valence-corrected chi connectivity index (χ3v) is 4.22. The molecule has 1 unspecified atom stereocenters. The van der Waals surface area contributed by atoms with Crippen LogP contribution in [0.25, 0.3) is 0 Å². The summed E-state index contributed by atoms with van der Waals surface area (Å²) in [4.78, 5) is 1.09. The third kappa shape index (κ3) is 2.61.